The molecule has 1 aliphatic heterocycles. The van der Waals surface area contributed by atoms with E-state index in [1.165, 1.54) is 19.3 Å². The van der Waals surface area contributed by atoms with Crippen molar-refractivity contribution in [3.63, 3.8) is 0 Å². The Balaban J connectivity index is 2.18. The predicted molar refractivity (Wildman–Crippen MR) is 45.6 cm³/mol. The molecule has 1 rings (SSSR count). The number of rotatable bonds is 2. The summed E-state index contributed by atoms with van der Waals surface area (Å²) in [5.74, 6) is 0.796. The molecular formula is C8H16ClN. The first kappa shape index (κ1) is 8.35. The summed E-state index contributed by atoms with van der Waals surface area (Å²) in [5.41, 5.74) is 0. The second kappa shape index (κ2) is 4.20. The lowest BCUT2D eigenvalue weighted by Crippen LogP contribution is -2.40. The van der Waals surface area contributed by atoms with Crippen LogP contribution >= 0.6 is 11.6 Å². The fourth-order valence-electron chi connectivity index (χ4n) is 1.60. The van der Waals surface area contributed by atoms with Crippen LogP contribution < -0.4 is 5.32 Å². The molecule has 0 aromatic heterocycles. The van der Waals surface area contributed by atoms with Crippen LogP contribution in [0.4, 0.5) is 0 Å². The van der Waals surface area contributed by atoms with Gasteiger partial charge >= 0.3 is 0 Å². The number of hydrogen-bond acceptors (Lipinski definition) is 1. The van der Waals surface area contributed by atoms with Crippen molar-refractivity contribution in [2.24, 2.45) is 0 Å². The van der Waals surface area contributed by atoms with Gasteiger partial charge in [-0.3, -0.25) is 0 Å². The second-order valence-corrected chi connectivity index (χ2v) is 3.55. The van der Waals surface area contributed by atoms with Crippen molar-refractivity contribution < 1.29 is 0 Å². The van der Waals surface area contributed by atoms with Crippen molar-refractivity contribution in [2.45, 2.75) is 44.7 Å². The molecule has 1 saturated heterocycles. The van der Waals surface area contributed by atoms with Gasteiger partial charge < -0.3 is 5.32 Å². The Bertz CT molecular complexity index is 93.3. The summed E-state index contributed by atoms with van der Waals surface area (Å²) in [6.45, 7) is 2.25. The van der Waals surface area contributed by atoms with Gasteiger partial charge in [0.05, 0.1) is 0 Å². The molecule has 0 bridgehead atoms. The first-order valence-electron chi connectivity index (χ1n) is 4.15. The summed E-state index contributed by atoms with van der Waals surface area (Å²) in [4.78, 5) is 0. The maximum absolute atomic E-state index is 5.64. The van der Waals surface area contributed by atoms with Crippen LogP contribution in [-0.4, -0.2) is 18.0 Å². The van der Waals surface area contributed by atoms with Gasteiger partial charge in [-0.25, -0.2) is 0 Å². The normalized spacial score (nSPS) is 34.2. The molecular weight excluding hydrogens is 146 g/mol. The second-order valence-electron chi connectivity index (χ2n) is 3.17. The first-order valence-corrected chi connectivity index (χ1v) is 4.68. The van der Waals surface area contributed by atoms with Crippen molar-refractivity contribution >= 4 is 11.6 Å². The van der Waals surface area contributed by atoms with Gasteiger partial charge in [0.25, 0.3) is 0 Å². The van der Waals surface area contributed by atoms with E-state index < -0.39 is 0 Å². The Morgan fingerprint density at radius 2 is 2.30 bits per heavy atom. The molecule has 1 N–H and O–H groups in total. The van der Waals surface area contributed by atoms with E-state index in [4.69, 9.17) is 11.6 Å². The molecule has 10 heavy (non-hydrogen) atoms. The predicted octanol–water partition coefficient (Wildman–Crippen LogP) is 2.15. The summed E-state index contributed by atoms with van der Waals surface area (Å²) >= 11 is 5.64. The smallest absolute Gasteiger partial charge is 0.0238 e. The number of piperidine rings is 1. The van der Waals surface area contributed by atoms with Crippen LogP contribution in [0.2, 0.25) is 0 Å². The van der Waals surface area contributed by atoms with Crippen molar-refractivity contribution in [3.8, 4) is 0 Å². The topological polar surface area (TPSA) is 12.0 Å². The average molecular weight is 162 g/mol. The van der Waals surface area contributed by atoms with Crippen LogP contribution in [0.5, 0.6) is 0 Å². The lowest BCUT2D eigenvalue weighted by molar-refractivity contribution is 0.330. The molecule has 1 fully saturated rings. The van der Waals surface area contributed by atoms with Crippen LogP contribution in [-0.2, 0) is 0 Å². The molecule has 2 unspecified atom stereocenters. The summed E-state index contributed by atoms with van der Waals surface area (Å²) < 4.78 is 0. The van der Waals surface area contributed by atoms with Gasteiger partial charge in [0.15, 0.2) is 0 Å². The van der Waals surface area contributed by atoms with E-state index in [2.05, 4.69) is 12.2 Å². The zero-order valence-electron chi connectivity index (χ0n) is 6.57. The molecule has 0 radical (unpaired) electrons. The van der Waals surface area contributed by atoms with E-state index in [1.807, 2.05) is 0 Å². The molecule has 0 aliphatic carbocycles. The molecule has 0 aromatic carbocycles. The van der Waals surface area contributed by atoms with Gasteiger partial charge in [-0.15, -0.1) is 11.6 Å². The molecule has 0 aromatic rings. The van der Waals surface area contributed by atoms with E-state index in [-0.39, 0.29) is 0 Å². The molecule has 2 atom stereocenters. The zero-order chi connectivity index (χ0) is 7.40. The summed E-state index contributed by atoms with van der Waals surface area (Å²) in [6.07, 6.45) is 5.15. The molecule has 1 heterocycles. The fourth-order valence-corrected chi connectivity index (χ4v) is 1.86. The van der Waals surface area contributed by atoms with Crippen LogP contribution in [0.3, 0.4) is 0 Å². The van der Waals surface area contributed by atoms with Crippen molar-refractivity contribution in [2.75, 3.05) is 5.88 Å². The van der Waals surface area contributed by atoms with Crippen molar-refractivity contribution in [1.82, 2.24) is 5.32 Å². The Morgan fingerprint density at radius 3 is 2.90 bits per heavy atom. The third-order valence-corrected chi connectivity index (χ3v) is 2.39. The van der Waals surface area contributed by atoms with E-state index in [1.54, 1.807) is 0 Å². The van der Waals surface area contributed by atoms with Gasteiger partial charge in [-0.2, -0.15) is 0 Å². The fraction of sp³-hybridized carbons (Fsp3) is 1.00. The molecule has 1 nitrogen and oxygen atoms in total. The number of halogens is 1. The summed E-state index contributed by atoms with van der Waals surface area (Å²) in [6, 6.07) is 1.41. The largest absolute Gasteiger partial charge is 0.311 e. The minimum atomic E-state index is 0.696. The molecule has 0 amide bonds. The van der Waals surface area contributed by atoms with Crippen LogP contribution in [0.1, 0.15) is 32.6 Å². The lowest BCUT2D eigenvalue weighted by Gasteiger charge is -2.28. The van der Waals surface area contributed by atoms with Crippen LogP contribution in [0, 0.1) is 0 Å². The summed E-state index contributed by atoms with van der Waals surface area (Å²) in [5, 5.41) is 3.53. The van der Waals surface area contributed by atoms with Gasteiger partial charge in [0.2, 0.25) is 0 Å². The summed E-state index contributed by atoms with van der Waals surface area (Å²) in [7, 11) is 0. The highest BCUT2D eigenvalue weighted by atomic mass is 35.5. The number of hydrogen-bond donors (Lipinski definition) is 1. The first-order chi connectivity index (χ1) is 4.83. The lowest BCUT2D eigenvalue weighted by atomic mass is 9.98. The molecule has 2 heteroatoms. The minimum absolute atomic E-state index is 0.696. The van der Waals surface area contributed by atoms with Gasteiger partial charge in [0, 0.05) is 18.0 Å². The van der Waals surface area contributed by atoms with Crippen LogP contribution in [0.25, 0.3) is 0 Å². The third kappa shape index (κ3) is 2.47. The molecule has 0 spiro atoms. The van der Waals surface area contributed by atoms with Gasteiger partial charge in [-0.1, -0.05) is 6.42 Å². The Morgan fingerprint density at radius 1 is 1.50 bits per heavy atom. The number of alkyl halides is 1. The highest BCUT2D eigenvalue weighted by molar-refractivity contribution is 6.17. The maximum Gasteiger partial charge on any atom is 0.0238 e. The minimum Gasteiger partial charge on any atom is -0.311 e. The third-order valence-electron chi connectivity index (χ3n) is 2.17. The van der Waals surface area contributed by atoms with E-state index in [0.717, 1.165) is 12.3 Å². The van der Waals surface area contributed by atoms with Crippen molar-refractivity contribution in [1.29, 1.82) is 0 Å². The molecule has 1 aliphatic rings. The van der Waals surface area contributed by atoms with E-state index in [9.17, 15) is 0 Å². The quantitative estimate of drug-likeness (QED) is 0.612. The molecule has 60 valence electrons. The average Bonchev–Trinajstić information content (AvgIpc) is 1.88. The Labute approximate surface area is 68.1 Å². The standard InChI is InChI=1S/C8H16ClN/c1-7-3-2-4-8(10-7)5-6-9/h7-8,10H,2-6H2,1H3. The van der Waals surface area contributed by atoms with E-state index >= 15 is 0 Å². The Kier molecular flexibility index (Phi) is 3.50. The van der Waals surface area contributed by atoms with Crippen LogP contribution in [0.15, 0.2) is 0 Å². The SMILES string of the molecule is CC1CCCC(CCCl)N1. The Hall–Kier alpha value is 0.250. The monoisotopic (exact) mass is 161 g/mol. The highest BCUT2D eigenvalue weighted by Crippen LogP contribution is 2.14. The van der Waals surface area contributed by atoms with Crippen molar-refractivity contribution in [3.05, 3.63) is 0 Å². The molecule has 0 saturated carbocycles. The van der Waals surface area contributed by atoms with Gasteiger partial charge in [-0.05, 0) is 26.2 Å². The van der Waals surface area contributed by atoms with E-state index in [0.29, 0.717) is 12.1 Å². The maximum atomic E-state index is 5.64. The highest BCUT2D eigenvalue weighted by Gasteiger charge is 2.16. The zero-order valence-corrected chi connectivity index (χ0v) is 7.32. The number of nitrogens with one attached hydrogen (secondary N) is 1. The van der Waals surface area contributed by atoms with Gasteiger partial charge in [0.1, 0.15) is 0 Å².